The largest absolute Gasteiger partial charge is 0.264 e. The van der Waals surface area contributed by atoms with Gasteiger partial charge in [0.25, 0.3) is 0 Å². The van der Waals surface area contributed by atoms with Gasteiger partial charge in [0.1, 0.15) is 11.6 Å². The van der Waals surface area contributed by atoms with Crippen LogP contribution in [0, 0.1) is 5.82 Å². The highest BCUT2D eigenvalue weighted by Crippen LogP contribution is 2.23. The molecule has 6 heteroatoms. The Balaban J connectivity index is 1.66. The first kappa shape index (κ1) is 18.8. The zero-order valence-electron chi connectivity index (χ0n) is 16.0. The SMILES string of the molecule is C[C@H](Cc1nc(Cc2cnccn2)cc(-c2cccnc2)n1)c1ccc(F)cc1. The fourth-order valence-electron chi connectivity index (χ4n) is 3.19. The molecule has 0 aliphatic heterocycles. The summed E-state index contributed by atoms with van der Waals surface area (Å²) >= 11 is 0. The van der Waals surface area contributed by atoms with E-state index in [1.165, 1.54) is 12.1 Å². The van der Waals surface area contributed by atoms with Crippen molar-refractivity contribution in [1.82, 2.24) is 24.9 Å². The van der Waals surface area contributed by atoms with Gasteiger partial charge >= 0.3 is 0 Å². The molecule has 3 heterocycles. The minimum absolute atomic E-state index is 0.157. The average molecular weight is 385 g/mol. The number of rotatable bonds is 6. The van der Waals surface area contributed by atoms with Gasteiger partial charge in [-0.3, -0.25) is 15.0 Å². The Bertz CT molecular complexity index is 1070. The molecule has 0 amide bonds. The molecule has 1 aromatic carbocycles. The van der Waals surface area contributed by atoms with Gasteiger partial charge in [-0.15, -0.1) is 0 Å². The summed E-state index contributed by atoms with van der Waals surface area (Å²) in [4.78, 5) is 22.2. The average Bonchev–Trinajstić information content (AvgIpc) is 2.75. The Morgan fingerprint density at radius 3 is 2.45 bits per heavy atom. The molecule has 0 aliphatic rings. The molecule has 0 saturated carbocycles. The highest BCUT2D eigenvalue weighted by molar-refractivity contribution is 5.58. The first-order valence-corrected chi connectivity index (χ1v) is 9.45. The molecule has 0 radical (unpaired) electrons. The third-order valence-corrected chi connectivity index (χ3v) is 4.69. The molecule has 5 nitrogen and oxygen atoms in total. The fourth-order valence-corrected chi connectivity index (χ4v) is 3.19. The molecule has 0 spiro atoms. The summed E-state index contributed by atoms with van der Waals surface area (Å²) in [5.41, 5.74) is 4.54. The molecule has 0 fully saturated rings. The molecular formula is C23H20FN5. The van der Waals surface area contributed by atoms with Gasteiger partial charge < -0.3 is 0 Å². The topological polar surface area (TPSA) is 64.5 Å². The molecule has 4 rings (SSSR count). The lowest BCUT2D eigenvalue weighted by atomic mass is 9.97. The van der Waals surface area contributed by atoms with Crippen LogP contribution in [0.15, 0.2) is 73.4 Å². The van der Waals surface area contributed by atoms with Gasteiger partial charge in [-0.1, -0.05) is 19.1 Å². The van der Waals surface area contributed by atoms with E-state index in [-0.39, 0.29) is 11.7 Å². The monoisotopic (exact) mass is 385 g/mol. The van der Waals surface area contributed by atoms with Crippen LogP contribution in [0.4, 0.5) is 4.39 Å². The van der Waals surface area contributed by atoms with Crippen molar-refractivity contribution in [2.24, 2.45) is 0 Å². The van der Waals surface area contributed by atoms with Gasteiger partial charge in [-0.25, -0.2) is 14.4 Å². The van der Waals surface area contributed by atoms with Gasteiger partial charge in [-0.05, 0) is 41.8 Å². The van der Waals surface area contributed by atoms with Crippen LogP contribution in [0.25, 0.3) is 11.3 Å². The lowest BCUT2D eigenvalue weighted by Crippen LogP contribution is -2.07. The Morgan fingerprint density at radius 1 is 0.897 bits per heavy atom. The van der Waals surface area contributed by atoms with E-state index < -0.39 is 0 Å². The second-order valence-corrected chi connectivity index (χ2v) is 6.93. The van der Waals surface area contributed by atoms with Crippen LogP contribution >= 0.6 is 0 Å². The van der Waals surface area contributed by atoms with Crippen molar-refractivity contribution in [3.05, 3.63) is 102 Å². The third-order valence-electron chi connectivity index (χ3n) is 4.69. The summed E-state index contributed by atoms with van der Waals surface area (Å²) in [6, 6.07) is 12.4. The number of aromatic nitrogens is 5. The zero-order valence-corrected chi connectivity index (χ0v) is 16.0. The van der Waals surface area contributed by atoms with Crippen molar-refractivity contribution < 1.29 is 4.39 Å². The molecule has 144 valence electrons. The number of halogens is 1. The maximum atomic E-state index is 13.2. The van der Waals surface area contributed by atoms with Gasteiger partial charge in [-0.2, -0.15) is 0 Å². The molecule has 0 unspecified atom stereocenters. The van der Waals surface area contributed by atoms with Crippen LogP contribution in [0.1, 0.15) is 35.6 Å². The Hall–Kier alpha value is -3.54. The molecular weight excluding hydrogens is 365 g/mol. The van der Waals surface area contributed by atoms with E-state index >= 15 is 0 Å². The fraction of sp³-hybridized carbons (Fsp3) is 0.174. The number of benzene rings is 1. The molecule has 1 atom stereocenters. The second kappa shape index (κ2) is 8.65. The predicted molar refractivity (Wildman–Crippen MR) is 109 cm³/mol. The van der Waals surface area contributed by atoms with Crippen molar-refractivity contribution in [3.8, 4) is 11.3 Å². The van der Waals surface area contributed by atoms with E-state index in [0.29, 0.717) is 12.8 Å². The van der Waals surface area contributed by atoms with E-state index in [4.69, 9.17) is 9.97 Å². The minimum atomic E-state index is -0.234. The summed E-state index contributed by atoms with van der Waals surface area (Å²) < 4.78 is 13.2. The molecule has 0 aliphatic carbocycles. The van der Waals surface area contributed by atoms with Crippen LogP contribution < -0.4 is 0 Å². The number of pyridine rings is 1. The number of nitrogens with zero attached hydrogens (tertiary/aromatic N) is 5. The van der Waals surface area contributed by atoms with Gasteiger partial charge in [0, 0.05) is 49.4 Å². The molecule has 4 aromatic rings. The summed E-state index contributed by atoms with van der Waals surface area (Å²) in [6.07, 6.45) is 9.82. The molecule has 3 aromatic heterocycles. The van der Waals surface area contributed by atoms with Crippen LogP contribution in [0.3, 0.4) is 0 Å². The van der Waals surface area contributed by atoms with Crippen molar-refractivity contribution >= 4 is 0 Å². The summed E-state index contributed by atoms with van der Waals surface area (Å²) in [7, 11) is 0. The van der Waals surface area contributed by atoms with Crippen molar-refractivity contribution in [1.29, 1.82) is 0 Å². The van der Waals surface area contributed by atoms with Crippen LogP contribution in [0.5, 0.6) is 0 Å². The number of hydrogen-bond acceptors (Lipinski definition) is 5. The molecule has 0 saturated heterocycles. The van der Waals surface area contributed by atoms with Crippen molar-refractivity contribution in [2.75, 3.05) is 0 Å². The lowest BCUT2D eigenvalue weighted by Gasteiger charge is -2.13. The third kappa shape index (κ3) is 4.85. The highest BCUT2D eigenvalue weighted by atomic mass is 19.1. The summed E-state index contributed by atoms with van der Waals surface area (Å²) in [6.45, 7) is 2.09. The minimum Gasteiger partial charge on any atom is -0.264 e. The maximum Gasteiger partial charge on any atom is 0.129 e. The van der Waals surface area contributed by atoms with Crippen LogP contribution in [-0.4, -0.2) is 24.9 Å². The lowest BCUT2D eigenvalue weighted by molar-refractivity contribution is 0.624. The quantitative estimate of drug-likeness (QED) is 0.492. The molecule has 0 N–H and O–H groups in total. The predicted octanol–water partition coefficient (Wildman–Crippen LogP) is 4.40. The Labute approximate surface area is 168 Å². The van der Waals surface area contributed by atoms with E-state index in [1.807, 2.05) is 30.3 Å². The number of hydrogen-bond donors (Lipinski definition) is 0. The van der Waals surface area contributed by atoms with Gasteiger partial charge in [0.05, 0.1) is 17.1 Å². The molecule has 0 bridgehead atoms. The zero-order chi connectivity index (χ0) is 20.1. The van der Waals surface area contributed by atoms with E-state index in [0.717, 1.165) is 34.0 Å². The summed E-state index contributed by atoms with van der Waals surface area (Å²) in [5, 5.41) is 0. The van der Waals surface area contributed by atoms with Crippen LogP contribution in [0.2, 0.25) is 0 Å². The second-order valence-electron chi connectivity index (χ2n) is 6.93. The smallest absolute Gasteiger partial charge is 0.129 e. The van der Waals surface area contributed by atoms with Crippen molar-refractivity contribution in [2.45, 2.75) is 25.7 Å². The van der Waals surface area contributed by atoms with Crippen molar-refractivity contribution in [3.63, 3.8) is 0 Å². The van der Waals surface area contributed by atoms with Crippen LogP contribution in [-0.2, 0) is 12.8 Å². The summed E-state index contributed by atoms with van der Waals surface area (Å²) in [5.74, 6) is 0.660. The first-order valence-electron chi connectivity index (χ1n) is 9.45. The van der Waals surface area contributed by atoms with E-state index in [9.17, 15) is 4.39 Å². The van der Waals surface area contributed by atoms with E-state index in [1.54, 1.807) is 31.0 Å². The Morgan fingerprint density at radius 2 is 1.72 bits per heavy atom. The maximum absolute atomic E-state index is 13.2. The normalized spacial score (nSPS) is 11.9. The van der Waals surface area contributed by atoms with Gasteiger partial charge in [0.2, 0.25) is 0 Å². The Kier molecular flexibility index (Phi) is 5.61. The van der Waals surface area contributed by atoms with E-state index in [2.05, 4.69) is 21.9 Å². The van der Waals surface area contributed by atoms with Gasteiger partial charge in [0.15, 0.2) is 0 Å². The standard InChI is InChI=1S/C23H20FN5/c1-16(17-4-6-19(24)7-5-17)11-23-28-20(12-21-15-26-9-10-27-21)13-22(29-23)18-3-2-8-25-14-18/h2-10,13-16H,11-12H2,1H3/t16-/m1/s1. The first-order chi connectivity index (χ1) is 14.2. The molecule has 29 heavy (non-hydrogen) atoms. The highest BCUT2D eigenvalue weighted by Gasteiger charge is 2.13.